The number of Topliss-reactive ketones (excluding diaryl/α,β-unsaturated/α-hetero) is 1. The van der Waals surface area contributed by atoms with Crippen LogP contribution in [0, 0.1) is 12.8 Å². The summed E-state index contributed by atoms with van der Waals surface area (Å²) in [5.74, 6) is -0.721. The summed E-state index contributed by atoms with van der Waals surface area (Å²) >= 11 is 0. The highest BCUT2D eigenvalue weighted by Crippen LogP contribution is 2.40. The van der Waals surface area contributed by atoms with Gasteiger partial charge in [-0.05, 0) is 43.0 Å². The molecule has 0 aliphatic heterocycles. The number of ketones is 1. The number of sulfone groups is 1. The molecule has 3 rings (SSSR count). The maximum Gasteiger partial charge on any atom is 0.189 e. The molecule has 4 heteroatoms. The zero-order valence-corrected chi connectivity index (χ0v) is 15.5. The monoisotopic (exact) mass is 354 g/mol. The van der Waals surface area contributed by atoms with Gasteiger partial charge in [0.05, 0.1) is 4.90 Å². The van der Waals surface area contributed by atoms with E-state index in [2.05, 4.69) is 0 Å². The molecule has 3 nitrogen and oxygen atoms in total. The fourth-order valence-electron chi connectivity index (χ4n) is 3.61. The number of allylic oxidation sites excluding steroid dienone is 2. The van der Waals surface area contributed by atoms with Crippen LogP contribution in [0.4, 0.5) is 0 Å². The Bertz CT molecular complexity index is 909. The van der Waals surface area contributed by atoms with E-state index in [4.69, 9.17) is 0 Å². The van der Waals surface area contributed by atoms with E-state index >= 15 is 0 Å². The van der Waals surface area contributed by atoms with Crippen molar-refractivity contribution in [2.24, 2.45) is 5.92 Å². The minimum Gasteiger partial charge on any atom is -0.293 e. The lowest BCUT2D eigenvalue weighted by atomic mass is 9.77. The van der Waals surface area contributed by atoms with Crippen molar-refractivity contribution in [3.8, 4) is 0 Å². The summed E-state index contributed by atoms with van der Waals surface area (Å²) in [5, 5.41) is -1.09. The standard InChI is InChI=1S/C21H22O3S/c1-14-9-11-18(12-10-14)25(23,24)21-19(17-7-5-4-6-8-17)15(2)13-16(3)20(21)22/h4-13,15,19,21H,1-3H3/t15-,19-,21-/m0/s1. The molecular weight excluding hydrogens is 332 g/mol. The van der Waals surface area contributed by atoms with Gasteiger partial charge in [0, 0.05) is 5.92 Å². The van der Waals surface area contributed by atoms with Crippen LogP contribution in [0.25, 0.3) is 0 Å². The van der Waals surface area contributed by atoms with Crippen LogP contribution < -0.4 is 0 Å². The second kappa shape index (κ2) is 6.60. The first-order chi connectivity index (χ1) is 11.8. The molecule has 0 amide bonds. The van der Waals surface area contributed by atoms with Crippen LogP contribution in [-0.4, -0.2) is 19.5 Å². The van der Waals surface area contributed by atoms with Gasteiger partial charge in [0.2, 0.25) is 0 Å². The zero-order chi connectivity index (χ0) is 18.2. The Morgan fingerprint density at radius 1 is 0.880 bits per heavy atom. The quantitative estimate of drug-likeness (QED) is 0.834. The predicted molar refractivity (Wildman–Crippen MR) is 99.3 cm³/mol. The second-order valence-corrected chi connectivity index (χ2v) is 8.86. The van der Waals surface area contributed by atoms with Gasteiger partial charge < -0.3 is 0 Å². The van der Waals surface area contributed by atoms with Gasteiger partial charge in [-0.1, -0.05) is 61.0 Å². The molecule has 2 aromatic rings. The Morgan fingerprint density at radius 3 is 2.08 bits per heavy atom. The Hall–Kier alpha value is -2.20. The van der Waals surface area contributed by atoms with Crippen LogP contribution in [-0.2, 0) is 14.6 Å². The zero-order valence-electron chi connectivity index (χ0n) is 14.6. The fourth-order valence-corrected chi connectivity index (χ4v) is 5.67. The third-order valence-corrected chi connectivity index (χ3v) is 7.03. The van der Waals surface area contributed by atoms with Crippen LogP contribution in [0.1, 0.15) is 30.9 Å². The van der Waals surface area contributed by atoms with Crippen molar-refractivity contribution < 1.29 is 13.2 Å². The van der Waals surface area contributed by atoms with E-state index in [1.807, 2.05) is 50.3 Å². The van der Waals surface area contributed by atoms with E-state index in [0.717, 1.165) is 11.1 Å². The van der Waals surface area contributed by atoms with Gasteiger partial charge in [0.1, 0.15) is 5.25 Å². The van der Waals surface area contributed by atoms with Gasteiger partial charge in [-0.3, -0.25) is 4.79 Å². The van der Waals surface area contributed by atoms with E-state index < -0.39 is 15.1 Å². The molecule has 0 saturated heterocycles. The minimum absolute atomic E-state index is 0.0367. The number of carbonyl (C=O) groups is 1. The van der Waals surface area contributed by atoms with Gasteiger partial charge in [-0.15, -0.1) is 0 Å². The van der Waals surface area contributed by atoms with Gasteiger partial charge >= 0.3 is 0 Å². The first kappa shape index (κ1) is 17.6. The normalized spacial score (nSPS) is 24.0. The number of hydrogen-bond donors (Lipinski definition) is 0. The Labute approximate surface area is 149 Å². The summed E-state index contributed by atoms with van der Waals surface area (Å²) in [6.45, 7) is 5.59. The number of benzene rings is 2. The highest BCUT2D eigenvalue weighted by atomic mass is 32.2. The molecule has 0 spiro atoms. The second-order valence-electron chi connectivity index (χ2n) is 6.79. The third kappa shape index (κ3) is 3.19. The summed E-state index contributed by atoms with van der Waals surface area (Å²) < 4.78 is 26.7. The van der Waals surface area contributed by atoms with Crippen molar-refractivity contribution in [2.45, 2.75) is 36.8 Å². The average Bonchev–Trinajstić information content (AvgIpc) is 2.58. The summed E-state index contributed by atoms with van der Waals surface area (Å²) in [4.78, 5) is 13.1. The lowest BCUT2D eigenvalue weighted by molar-refractivity contribution is -0.116. The summed E-state index contributed by atoms with van der Waals surface area (Å²) in [7, 11) is -3.78. The molecule has 0 bridgehead atoms. The van der Waals surface area contributed by atoms with Crippen LogP contribution in [0.5, 0.6) is 0 Å². The van der Waals surface area contributed by atoms with E-state index in [9.17, 15) is 13.2 Å². The molecule has 2 aromatic carbocycles. The SMILES string of the molecule is CC1=C[C@H](C)[C@@H](c2ccccc2)[C@H](S(=O)(=O)c2ccc(C)cc2)C1=O. The molecular formula is C21H22O3S. The maximum absolute atomic E-state index is 13.3. The van der Waals surface area contributed by atoms with E-state index in [1.54, 1.807) is 31.2 Å². The molecule has 0 N–H and O–H groups in total. The van der Waals surface area contributed by atoms with E-state index in [-0.39, 0.29) is 22.5 Å². The topological polar surface area (TPSA) is 51.2 Å². The van der Waals surface area contributed by atoms with Crippen LogP contribution in [0.15, 0.2) is 71.1 Å². The van der Waals surface area contributed by atoms with Crippen molar-refractivity contribution in [3.05, 3.63) is 77.4 Å². The van der Waals surface area contributed by atoms with Crippen LogP contribution >= 0.6 is 0 Å². The van der Waals surface area contributed by atoms with Crippen molar-refractivity contribution in [2.75, 3.05) is 0 Å². The molecule has 0 radical (unpaired) electrons. The van der Waals surface area contributed by atoms with Crippen LogP contribution in [0.2, 0.25) is 0 Å². The average molecular weight is 354 g/mol. The molecule has 1 aliphatic rings. The van der Waals surface area contributed by atoms with E-state index in [1.165, 1.54) is 0 Å². The number of carbonyl (C=O) groups excluding carboxylic acids is 1. The molecule has 0 saturated carbocycles. The molecule has 0 aromatic heterocycles. The van der Waals surface area contributed by atoms with Gasteiger partial charge in [-0.25, -0.2) is 8.42 Å². The molecule has 1 aliphatic carbocycles. The molecule has 130 valence electrons. The largest absolute Gasteiger partial charge is 0.293 e. The summed E-state index contributed by atoms with van der Waals surface area (Å²) in [5.41, 5.74) is 2.39. The predicted octanol–water partition coefficient (Wildman–Crippen LogP) is 4.09. The van der Waals surface area contributed by atoms with Crippen molar-refractivity contribution in [1.29, 1.82) is 0 Å². The summed E-state index contributed by atoms with van der Waals surface area (Å²) in [6, 6.07) is 16.2. The summed E-state index contributed by atoms with van der Waals surface area (Å²) in [6.07, 6.45) is 1.89. The van der Waals surface area contributed by atoms with Gasteiger partial charge in [0.15, 0.2) is 15.6 Å². The van der Waals surface area contributed by atoms with E-state index in [0.29, 0.717) is 5.57 Å². The molecule has 0 heterocycles. The molecule has 0 unspecified atom stereocenters. The molecule has 25 heavy (non-hydrogen) atoms. The number of aryl methyl sites for hydroxylation is 1. The first-order valence-corrected chi connectivity index (χ1v) is 9.95. The van der Waals surface area contributed by atoms with Gasteiger partial charge in [0.25, 0.3) is 0 Å². The first-order valence-electron chi connectivity index (χ1n) is 8.40. The Kier molecular flexibility index (Phi) is 4.65. The van der Waals surface area contributed by atoms with Crippen molar-refractivity contribution >= 4 is 15.6 Å². The highest BCUT2D eigenvalue weighted by molar-refractivity contribution is 7.93. The highest BCUT2D eigenvalue weighted by Gasteiger charge is 2.45. The number of hydrogen-bond acceptors (Lipinski definition) is 3. The maximum atomic E-state index is 13.3. The lowest BCUT2D eigenvalue weighted by Crippen LogP contribution is -2.42. The minimum atomic E-state index is -3.78. The van der Waals surface area contributed by atoms with Gasteiger partial charge in [-0.2, -0.15) is 0 Å². The third-order valence-electron chi connectivity index (χ3n) is 4.92. The van der Waals surface area contributed by atoms with Crippen molar-refractivity contribution in [3.63, 3.8) is 0 Å². The lowest BCUT2D eigenvalue weighted by Gasteiger charge is -2.34. The Morgan fingerprint density at radius 2 is 1.48 bits per heavy atom. The number of rotatable bonds is 3. The van der Waals surface area contributed by atoms with Crippen LogP contribution in [0.3, 0.4) is 0 Å². The fraction of sp³-hybridized carbons (Fsp3) is 0.286. The smallest absolute Gasteiger partial charge is 0.189 e. The van der Waals surface area contributed by atoms with Crippen molar-refractivity contribution in [1.82, 2.24) is 0 Å². The molecule has 0 fully saturated rings. The molecule has 3 atom stereocenters. The Balaban J connectivity index is 2.17.